The number of nitrogens with zero attached hydrogens (tertiary/aromatic N) is 1. The summed E-state index contributed by atoms with van der Waals surface area (Å²) < 4.78 is 40.2. The molecule has 0 spiro atoms. The van der Waals surface area contributed by atoms with Gasteiger partial charge < -0.3 is 10.1 Å². The van der Waals surface area contributed by atoms with E-state index in [9.17, 15) is 28.1 Å². The maximum absolute atomic E-state index is 12.2. The average molecular weight is 346 g/mol. The van der Waals surface area contributed by atoms with Crippen LogP contribution in [0.5, 0.6) is 5.75 Å². The number of alkyl halides is 3. The summed E-state index contributed by atoms with van der Waals surface area (Å²) in [6.45, 7) is 1.50. The first kappa shape index (κ1) is 16.7. The summed E-state index contributed by atoms with van der Waals surface area (Å²) in [5, 5.41) is 13.1. The van der Waals surface area contributed by atoms with Gasteiger partial charge in [-0.15, -0.1) is 24.5 Å². The summed E-state index contributed by atoms with van der Waals surface area (Å²) in [6, 6.07) is 5.85. The van der Waals surface area contributed by atoms with Gasteiger partial charge in [0, 0.05) is 17.8 Å². The van der Waals surface area contributed by atoms with Crippen LogP contribution in [-0.4, -0.2) is 17.2 Å². The number of carbonyl (C=O) groups excluding carboxylic acids is 1. The van der Waals surface area contributed by atoms with Crippen LogP contribution in [0.2, 0.25) is 0 Å². The quantitative estimate of drug-likeness (QED) is 0.667. The molecule has 23 heavy (non-hydrogen) atoms. The molecule has 0 aliphatic heterocycles. The number of ether oxygens (including phenoxy) is 1. The fourth-order valence-corrected chi connectivity index (χ4v) is 2.61. The number of nitrogens with one attached hydrogen (secondary N) is 1. The van der Waals surface area contributed by atoms with Gasteiger partial charge in [0.2, 0.25) is 0 Å². The van der Waals surface area contributed by atoms with E-state index in [-0.39, 0.29) is 16.3 Å². The van der Waals surface area contributed by atoms with Gasteiger partial charge in [-0.2, -0.15) is 0 Å². The minimum atomic E-state index is -4.84. The lowest BCUT2D eigenvalue weighted by molar-refractivity contribution is -0.385. The number of hydrogen-bond acceptors (Lipinski definition) is 5. The van der Waals surface area contributed by atoms with Crippen molar-refractivity contribution in [2.24, 2.45) is 0 Å². The summed E-state index contributed by atoms with van der Waals surface area (Å²) in [5.41, 5.74) is -0.111. The number of thiophene rings is 1. The lowest BCUT2D eigenvalue weighted by Gasteiger charge is -2.10. The molecule has 0 fully saturated rings. The van der Waals surface area contributed by atoms with E-state index in [4.69, 9.17) is 0 Å². The first-order valence-corrected chi connectivity index (χ1v) is 6.89. The summed E-state index contributed by atoms with van der Waals surface area (Å²) in [7, 11) is 0. The SMILES string of the molecule is Cc1sc(C(=O)Nc2cccc(OC(F)(F)F)c2)cc1[N+](=O)[O-]. The summed E-state index contributed by atoms with van der Waals surface area (Å²) >= 11 is 0.919. The average Bonchev–Trinajstić information content (AvgIpc) is 2.79. The molecule has 0 radical (unpaired) electrons. The number of amides is 1. The zero-order valence-corrected chi connectivity index (χ0v) is 12.3. The molecule has 2 rings (SSSR count). The molecule has 1 heterocycles. The van der Waals surface area contributed by atoms with Crippen LogP contribution in [-0.2, 0) is 0 Å². The Morgan fingerprint density at radius 2 is 2.04 bits per heavy atom. The van der Waals surface area contributed by atoms with Gasteiger partial charge in [0.25, 0.3) is 11.6 Å². The highest BCUT2D eigenvalue weighted by Crippen LogP contribution is 2.29. The summed E-state index contributed by atoms with van der Waals surface area (Å²) in [6.07, 6.45) is -4.84. The van der Waals surface area contributed by atoms with E-state index in [2.05, 4.69) is 10.1 Å². The molecular weight excluding hydrogens is 337 g/mol. The van der Waals surface area contributed by atoms with Crippen molar-refractivity contribution >= 4 is 28.6 Å². The molecule has 1 N–H and O–H groups in total. The Balaban J connectivity index is 2.16. The Morgan fingerprint density at radius 3 is 2.61 bits per heavy atom. The Labute approximate surface area is 131 Å². The topological polar surface area (TPSA) is 81.5 Å². The van der Waals surface area contributed by atoms with Gasteiger partial charge in [-0.3, -0.25) is 14.9 Å². The molecule has 0 aliphatic rings. The standard InChI is InChI=1S/C13H9F3N2O4S/c1-7-10(18(20)21)6-11(23-7)12(19)17-8-3-2-4-9(5-8)22-13(14,15)16/h2-6H,1H3,(H,17,19). The molecule has 0 atom stereocenters. The molecule has 1 aromatic heterocycles. The molecule has 0 saturated carbocycles. The fourth-order valence-electron chi connectivity index (χ4n) is 1.73. The van der Waals surface area contributed by atoms with E-state index in [1.54, 1.807) is 0 Å². The van der Waals surface area contributed by atoms with Crippen molar-refractivity contribution in [3.8, 4) is 5.75 Å². The van der Waals surface area contributed by atoms with E-state index in [1.807, 2.05) is 0 Å². The second-order valence-corrected chi connectivity index (χ2v) is 5.60. The van der Waals surface area contributed by atoms with Gasteiger partial charge in [-0.05, 0) is 19.1 Å². The van der Waals surface area contributed by atoms with Crippen LogP contribution in [0.25, 0.3) is 0 Å². The zero-order chi connectivity index (χ0) is 17.2. The summed E-state index contributed by atoms with van der Waals surface area (Å²) in [4.78, 5) is 22.6. The molecular formula is C13H9F3N2O4S. The highest BCUT2D eigenvalue weighted by Gasteiger charge is 2.31. The molecule has 0 saturated heterocycles. The van der Waals surface area contributed by atoms with Gasteiger partial charge in [-0.25, -0.2) is 0 Å². The molecule has 0 bridgehead atoms. The van der Waals surface area contributed by atoms with E-state index >= 15 is 0 Å². The highest BCUT2D eigenvalue weighted by atomic mass is 32.1. The third-order valence-electron chi connectivity index (χ3n) is 2.64. The Hall–Kier alpha value is -2.62. The van der Waals surface area contributed by atoms with Crippen LogP contribution in [0.1, 0.15) is 14.5 Å². The van der Waals surface area contributed by atoms with Crippen molar-refractivity contribution in [1.82, 2.24) is 0 Å². The van der Waals surface area contributed by atoms with E-state index in [0.717, 1.165) is 29.5 Å². The van der Waals surface area contributed by atoms with Crippen LogP contribution in [0.3, 0.4) is 0 Å². The van der Waals surface area contributed by atoms with Gasteiger partial charge in [0.05, 0.1) is 14.7 Å². The maximum atomic E-state index is 12.2. The predicted molar refractivity (Wildman–Crippen MR) is 76.8 cm³/mol. The van der Waals surface area contributed by atoms with Crippen molar-refractivity contribution in [3.63, 3.8) is 0 Å². The Kier molecular flexibility index (Phi) is 4.55. The molecule has 6 nitrogen and oxygen atoms in total. The fraction of sp³-hybridized carbons (Fsp3) is 0.154. The second-order valence-electron chi connectivity index (χ2n) is 4.34. The number of halogens is 3. The smallest absolute Gasteiger partial charge is 0.406 e. The first-order valence-electron chi connectivity index (χ1n) is 6.08. The van der Waals surface area contributed by atoms with Gasteiger partial charge >= 0.3 is 6.36 Å². The Bertz CT molecular complexity index is 758. The molecule has 0 aliphatic carbocycles. The molecule has 0 unspecified atom stereocenters. The number of anilines is 1. The molecule has 1 aromatic carbocycles. The number of benzene rings is 1. The van der Waals surface area contributed by atoms with Crippen LogP contribution < -0.4 is 10.1 Å². The van der Waals surface area contributed by atoms with Crippen molar-refractivity contribution in [1.29, 1.82) is 0 Å². The van der Waals surface area contributed by atoms with Crippen LogP contribution in [0, 0.1) is 17.0 Å². The molecule has 1 amide bonds. The van der Waals surface area contributed by atoms with E-state index in [1.165, 1.54) is 19.1 Å². The predicted octanol–water partition coefficient (Wildman–Crippen LogP) is 4.12. The number of hydrogen-bond donors (Lipinski definition) is 1. The van der Waals surface area contributed by atoms with Gasteiger partial charge in [0.15, 0.2) is 0 Å². The monoisotopic (exact) mass is 346 g/mol. The lowest BCUT2D eigenvalue weighted by atomic mass is 10.3. The van der Waals surface area contributed by atoms with Crippen LogP contribution in [0.4, 0.5) is 24.5 Å². The third-order valence-corrected chi connectivity index (χ3v) is 3.68. The minimum Gasteiger partial charge on any atom is -0.406 e. The van der Waals surface area contributed by atoms with Crippen LogP contribution >= 0.6 is 11.3 Å². The number of carbonyl (C=O) groups is 1. The van der Waals surface area contributed by atoms with Crippen molar-refractivity contribution in [3.05, 3.63) is 50.2 Å². The number of rotatable bonds is 4. The Morgan fingerprint density at radius 1 is 1.35 bits per heavy atom. The molecule has 2 aromatic rings. The van der Waals surface area contributed by atoms with Crippen molar-refractivity contribution in [2.75, 3.05) is 5.32 Å². The van der Waals surface area contributed by atoms with E-state index in [0.29, 0.717) is 4.88 Å². The van der Waals surface area contributed by atoms with Gasteiger partial charge in [0.1, 0.15) is 5.75 Å². The lowest BCUT2D eigenvalue weighted by Crippen LogP contribution is -2.17. The second kappa shape index (κ2) is 6.24. The van der Waals surface area contributed by atoms with Crippen molar-refractivity contribution < 1.29 is 27.6 Å². The van der Waals surface area contributed by atoms with E-state index < -0.39 is 22.9 Å². The van der Waals surface area contributed by atoms with Crippen LogP contribution in [0.15, 0.2) is 30.3 Å². The molecule has 122 valence electrons. The van der Waals surface area contributed by atoms with Crippen molar-refractivity contribution in [2.45, 2.75) is 13.3 Å². The minimum absolute atomic E-state index is 0.0745. The van der Waals surface area contributed by atoms with Gasteiger partial charge in [-0.1, -0.05) is 6.07 Å². The zero-order valence-electron chi connectivity index (χ0n) is 11.5. The molecule has 10 heteroatoms. The number of aryl methyl sites for hydroxylation is 1. The summed E-state index contributed by atoms with van der Waals surface area (Å²) in [5.74, 6) is -1.14. The highest BCUT2D eigenvalue weighted by molar-refractivity contribution is 7.14. The largest absolute Gasteiger partial charge is 0.573 e. The number of nitro groups is 1. The maximum Gasteiger partial charge on any atom is 0.573 e. The normalized spacial score (nSPS) is 11.1. The first-order chi connectivity index (χ1) is 10.7. The third kappa shape index (κ3) is 4.42.